The van der Waals surface area contributed by atoms with E-state index >= 15 is 0 Å². The molecule has 0 N–H and O–H groups in total. The van der Waals surface area contributed by atoms with E-state index in [1.54, 1.807) is 37.0 Å². The molecule has 0 bridgehead atoms. The smallest absolute Gasteiger partial charge is 0.279 e. The van der Waals surface area contributed by atoms with Gasteiger partial charge in [-0.3, -0.25) is 4.79 Å². The molecule has 1 aliphatic rings. The van der Waals surface area contributed by atoms with Gasteiger partial charge in [-0.05, 0) is 18.2 Å². The summed E-state index contributed by atoms with van der Waals surface area (Å²) in [5.41, 5.74) is 1.23. The molecular weight excluding hydrogens is 392 g/mol. The van der Waals surface area contributed by atoms with Crippen LogP contribution in [-0.2, 0) is 6.54 Å². The Kier molecular flexibility index (Phi) is 5.14. The van der Waals surface area contributed by atoms with Crippen LogP contribution in [0.2, 0.25) is 0 Å². The Hall–Kier alpha value is -3.44. The van der Waals surface area contributed by atoms with Crippen LogP contribution in [0.25, 0.3) is 10.2 Å². The normalized spacial score (nSPS) is 13.2. The maximum absolute atomic E-state index is 12.8. The zero-order valence-electron chi connectivity index (χ0n) is 15.9. The molecule has 0 aliphatic carbocycles. The minimum absolute atomic E-state index is 0.267. The standard InChI is InChI=1S/C21H18N2O5S/c1-4-7-23-14-11-16(25-2)17(26-3)12-19(14)29-21(23)22-20(24)13-5-6-15-18(10-13)28-9-8-27-15/h1,5-6,10-12H,7-9H2,2-3H3. The second kappa shape index (κ2) is 7.89. The van der Waals surface area contributed by atoms with Crippen LogP contribution >= 0.6 is 11.3 Å². The lowest BCUT2D eigenvalue weighted by atomic mass is 10.2. The van der Waals surface area contributed by atoms with Crippen LogP contribution in [0.1, 0.15) is 10.4 Å². The first-order chi connectivity index (χ1) is 14.1. The van der Waals surface area contributed by atoms with Crippen LogP contribution in [0.5, 0.6) is 23.0 Å². The van der Waals surface area contributed by atoms with Crippen molar-refractivity contribution in [2.24, 2.45) is 4.99 Å². The third-order valence-electron chi connectivity index (χ3n) is 4.42. The van der Waals surface area contributed by atoms with E-state index in [4.69, 9.17) is 25.4 Å². The van der Waals surface area contributed by atoms with Crippen molar-refractivity contribution >= 4 is 27.5 Å². The van der Waals surface area contributed by atoms with Crippen LogP contribution in [-0.4, -0.2) is 37.9 Å². The topological polar surface area (TPSA) is 71.3 Å². The number of carbonyl (C=O) groups is 1. The number of rotatable bonds is 4. The Morgan fingerprint density at radius 2 is 1.90 bits per heavy atom. The number of nitrogens with zero attached hydrogens (tertiary/aromatic N) is 2. The number of amides is 1. The second-order valence-electron chi connectivity index (χ2n) is 6.13. The predicted molar refractivity (Wildman–Crippen MR) is 109 cm³/mol. The minimum atomic E-state index is -0.391. The van der Waals surface area contributed by atoms with Crippen molar-refractivity contribution in [3.05, 3.63) is 40.7 Å². The molecule has 7 nitrogen and oxygen atoms in total. The van der Waals surface area contributed by atoms with Crippen LogP contribution in [0.3, 0.4) is 0 Å². The monoisotopic (exact) mass is 410 g/mol. The summed E-state index contributed by atoms with van der Waals surface area (Å²) < 4.78 is 24.5. The van der Waals surface area contributed by atoms with Gasteiger partial charge in [-0.2, -0.15) is 4.99 Å². The molecule has 8 heteroatoms. The lowest BCUT2D eigenvalue weighted by Gasteiger charge is -2.18. The molecule has 0 saturated heterocycles. The van der Waals surface area contributed by atoms with E-state index in [-0.39, 0.29) is 6.54 Å². The molecule has 0 unspecified atom stereocenters. The van der Waals surface area contributed by atoms with Crippen molar-refractivity contribution in [2.75, 3.05) is 27.4 Å². The van der Waals surface area contributed by atoms with E-state index in [0.29, 0.717) is 46.6 Å². The molecule has 148 valence electrons. The maximum Gasteiger partial charge on any atom is 0.279 e. The Balaban J connectivity index is 1.81. The highest BCUT2D eigenvalue weighted by Crippen LogP contribution is 2.34. The summed E-state index contributed by atoms with van der Waals surface area (Å²) in [6, 6.07) is 8.71. The highest BCUT2D eigenvalue weighted by molar-refractivity contribution is 7.16. The predicted octanol–water partition coefficient (Wildman–Crippen LogP) is 2.87. The molecule has 3 aromatic rings. The first-order valence-corrected chi connectivity index (χ1v) is 9.63. The number of ether oxygens (including phenoxy) is 4. The molecule has 4 rings (SSSR count). The first kappa shape index (κ1) is 18.9. The Bertz CT molecular complexity index is 1200. The van der Waals surface area contributed by atoms with Gasteiger partial charge in [0, 0.05) is 17.7 Å². The third kappa shape index (κ3) is 3.52. The SMILES string of the molecule is C#CCn1c(=NC(=O)c2ccc3c(c2)OCCO3)sc2cc(OC)c(OC)cc21. The van der Waals surface area contributed by atoms with Gasteiger partial charge in [-0.1, -0.05) is 17.3 Å². The fourth-order valence-corrected chi connectivity index (χ4v) is 4.09. The summed E-state index contributed by atoms with van der Waals surface area (Å²) >= 11 is 1.35. The number of fused-ring (bicyclic) bond motifs is 2. The van der Waals surface area contributed by atoms with Crippen molar-refractivity contribution in [1.29, 1.82) is 0 Å². The van der Waals surface area contributed by atoms with Crippen LogP contribution in [0.15, 0.2) is 35.3 Å². The van der Waals surface area contributed by atoms with Gasteiger partial charge in [0.05, 0.1) is 31.0 Å². The molecule has 0 fully saturated rings. The van der Waals surface area contributed by atoms with Crippen LogP contribution in [0, 0.1) is 12.3 Å². The van der Waals surface area contributed by atoms with E-state index in [1.165, 1.54) is 11.3 Å². The number of hydrogen-bond donors (Lipinski definition) is 0. The molecular formula is C21H18N2O5S. The Morgan fingerprint density at radius 1 is 1.17 bits per heavy atom. The van der Waals surface area contributed by atoms with Gasteiger partial charge in [0.25, 0.3) is 5.91 Å². The van der Waals surface area contributed by atoms with Gasteiger partial charge in [-0.15, -0.1) is 6.42 Å². The summed E-state index contributed by atoms with van der Waals surface area (Å²) in [5.74, 6) is 4.56. The number of methoxy groups -OCH3 is 2. The highest BCUT2D eigenvalue weighted by atomic mass is 32.1. The van der Waals surface area contributed by atoms with Gasteiger partial charge in [-0.25, -0.2) is 0 Å². The third-order valence-corrected chi connectivity index (χ3v) is 5.46. The van der Waals surface area contributed by atoms with Crippen LogP contribution in [0.4, 0.5) is 0 Å². The van der Waals surface area contributed by atoms with E-state index in [9.17, 15) is 4.79 Å². The van der Waals surface area contributed by atoms with E-state index < -0.39 is 5.91 Å². The maximum atomic E-state index is 12.8. The summed E-state index contributed by atoms with van der Waals surface area (Å²) in [6.45, 7) is 1.21. The van der Waals surface area contributed by atoms with Crippen molar-refractivity contribution in [1.82, 2.24) is 4.57 Å². The zero-order valence-corrected chi connectivity index (χ0v) is 16.7. The summed E-state index contributed by atoms with van der Waals surface area (Å²) in [5, 5.41) is 0. The lowest BCUT2D eigenvalue weighted by Crippen LogP contribution is -2.17. The number of hydrogen-bond acceptors (Lipinski definition) is 6. The molecule has 0 saturated carbocycles. The van der Waals surface area contributed by atoms with Gasteiger partial charge < -0.3 is 23.5 Å². The highest BCUT2D eigenvalue weighted by Gasteiger charge is 2.16. The molecule has 1 amide bonds. The number of carbonyl (C=O) groups excluding carboxylic acids is 1. The zero-order chi connectivity index (χ0) is 20.4. The quantitative estimate of drug-likeness (QED) is 0.619. The average molecular weight is 410 g/mol. The lowest BCUT2D eigenvalue weighted by molar-refractivity contribution is 0.0996. The molecule has 1 aromatic heterocycles. The average Bonchev–Trinajstić information content (AvgIpc) is 3.08. The van der Waals surface area contributed by atoms with Crippen molar-refractivity contribution in [3.8, 4) is 35.3 Å². The van der Waals surface area contributed by atoms with Gasteiger partial charge >= 0.3 is 0 Å². The summed E-state index contributed by atoms with van der Waals surface area (Å²) in [7, 11) is 3.14. The van der Waals surface area contributed by atoms with Gasteiger partial charge in [0.1, 0.15) is 13.2 Å². The van der Waals surface area contributed by atoms with E-state index in [2.05, 4.69) is 10.9 Å². The molecule has 2 aromatic carbocycles. The molecule has 1 aliphatic heterocycles. The van der Waals surface area contributed by atoms with Gasteiger partial charge in [0.2, 0.25) is 0 Å². The number of benzene rings is 2. The van der Waals surface area contributed by atoms with Crippen molar-refractivity contribution in [2.45, 2.75) is 6.54 Å². The van der Waals surface area contributed by atoms with E-state index in [0.717, 1.165) is 10.2 Å². The van der Waals surface area contributed by atoms with Crippen molar-refractivity contribution < 1.29 is 23.7 Å². The second-order valence-corrected chi connectivity index (χ2v) is 7.13. The molecule has 0 radical (unpaired) electrons. The fraction of sp³-hybridized carbons (Fsp3) is 0.238. The largest absolute Gasteiger partial charge is 0.493 e. The van der Waals surface area contributed by atoms with E-state index in [1.807, 2.05) is 12.1 Å². The number of aromatic nitrogens is 1. The number of terminal acetylenes is 1. The summed E-state index contributed by atoms with van der Waals surface area (Å²) in [6.07, 6.45) is 5.55. The summed E-state index contributed by atoms with van der Waals surface area (Å²) in [4.78, 5) is 17.6. The fourth-order valence-electron chi connectivity index (χ4n) is 3.05. The first-order valence-electron chi connectivity index (χ1n) is 8.82. The molecule has 0 spiro atoms. The number of thiazole rings is 1. The van der Waals surface area contributed by atoms with Crippen LogP contribution < -0.4 is 23.7 Å². The minimum Gasteiger partial charge on any atom is -0.493 e. The Morgan fingerprint density at radius 3 is 2.62 bits per heavy atom. The van der Waals surface area contributed by atoms with Crippen molar-refractivity contribution in [3.63, 3.8) is 0 Å². The Labute approximate surface area is 171 Å². The van der Waals surface area contributed by atoms with Gasteiger partial charge in [0.15, 0.2) is 27.8 Å². The molecule has 29 heavy (non-hydrogen) atoms. The molecule has 2 heterocycles. The molecule has 0 atom stereocenters.